The van der Waals surface area contributed by atoms with E-state index in [-0.39, 0.29) is 17.2 Å². The number of aromatic nitrogens is 1. The van der Waals surface area contributed by atoms with Crippen LogP contribution in [0.4, 0.5) is 0 Å². The second kappa shape index (κ2) is 10.7. The van der Waals surface area contributed by atoms with Gasteiger partial charge in [0.25, 0.3) is 11.8 Å². The van der Waals surface area contributed by atoms with Crippen LogP contribution in [0.5, 0.6) is 5.75 Å². The molecule has 1 aromatic heterocycles. The molecule has 36 heavy (non-hydrogen) atoms. The minimum atomic E-state index is -0.516. The summed E-state index contributed by atoms with van der Waals surface area (Å²) in [6, 6.07) is 14.9. The molecule has 0 atom stereocenters. The maximum Gasteiger partial charge on any atom is 0.265 e. The Labute approximate surface area is 224 Å². The van der Waals surface area contributed by atoms with Crippen molar-refractivity contribution in [1.82, 2.24) is 14.8 Å². The molecule has 1 aliphatic heterocycles. The lowest BCUT2D eigenvalue weighted by atomic mass is 10.1. The summed E-state index contributed by atoms with van der Waals surface area (Å²) in [7, 11) is 0. The van der Waals surface area contributed by atoms with Crippen LogP contribution < -0.4 is 10.1 Å². The van der Waals surface area contributed by atoms with E-state index in [9.17, 15) is 9.59 Å². The average molecular weight is 540 g/mol. The first-order chi connectivity index (χ1) is 17.2. The molecule has 2 aromatic carbocycles. The summed E-state index contributed by atoms with van der Waals surface area (Å²) in [5.74, 6) is -0.273. The van der Waals surface area contributed by atoms with Gasteiger partial charge < -0.3 is 9.30 Å². The smallest absolute Gasteiger partial charge is 0.265 e. The van der Waals surface area contributed by atoms with E-state index in [1.54, 1.807) is 24.3 Å². The van der Waals surface area contributed by atoms with Gasteiger partial charge in [-0.05, 0) is 80.2 Å². The number of amides is 2. The van der Waals surface area contributed by atoms with Crippen LogP contribution in [-0.2, 0) is 16.2 Å². The Balaban J connectivity index is 1.56. The van der Waals surface area contributed by atoms with Gasteiger partial charge in [0, 0.05) is 39.2 Å². The molecule has 3 aromatic rings. The van der Waals surface area contributed by atoms with E-state index in [0.717, 1.165) is 28.2 Å². The van der Waals surface area contributed by atoms with Crippen molar-refractivity contribution in [2.24, 2.45) is 0 Å². The number of halogens is 2. The van der Waals surface area contributed by atoms with Crippen molar-refractivity contribution in [2.45, 2.75) is 20.5 Å². The summed E-state index contributed by atoms with van der Waals surface area (Å²) in [4.78, 5) is 26.7. The number of nitrogens with one attached hydrogen (secondary N) is 1. The number of aryl methyl sites for hydroxylation is 1. The second-order valence-electron chi connectivity index (χ2n) is 8.20. The maximum absolute atomic E-state index is 12.9. The average Bonchev–Trinajstić information content (AvgIpc) is 3.12. The molecule has 0 bridgehead atoms. The molecule has 0 radical (unpaired) electrons. The molecule has 2 heterocycles. The van der Waals surface area contributed by atoms with Gasteiger partial charge in [-0.3, -0.25) is 19.8 Å². The molecule has 184 valence electrons. The van der Waals surface area contributed by atoms with E-state index in [1.165, 1.54) is 4.90 Å². The Morgan fingerprint density at radius 3 is 2.47 bits per heavy atom. The lowest BCUT2D eigenvalue weighted by Crippen LogP contribution is -2.53. The number of carbonyl (C=O) groups is 2. The molecule has 0 aliphatic carbocycles. The van der Waals surface area contributed by atoms with Crippen LogP contribution in [0, 0.1) is 13.8 Å². The van der Waals surface area contributed by atoms with Crippen LogP contribution >= 0.6 is 35.4 Å². The maximum atomic E-state index is 12.9. The highest BCUT2D eigenvalue weighted by Crippen LogP contribution is 2.27. The highest BCUT2D eigenvalue weighted by atomic mass is 35.5. The zero-order chi connectivity index (χ0) is 26.0. The number of hydrogen-bond acceptors (Lipinski definition) is 4. The van der Waals surface area contributed by atoms with Gasteiger partial charge in [-0.1, -0.05) is 35.3 Å². The fraction of sp³-hybridized carbons (Fsp3) is 0.148. The second-order valence-corrected chi connectivity index (χ2v) is 9.43. The van der Waals surface area contributed by atoms with Crippen molar-refractivity contribution >= 4 is 58.4 Å². The predicted molar refractivity (Wildman–Crippen MR) is 147 cm³/mol. The van der Waals surface area contributed by atoms with Crippen LogP contribution in [0.2, 0.25) is 10.0 Å². The van der Waals surface area contributed by atoms with E-state index in [2.05, 4.69) is 11.9 Å². The molecule has 2 amide bonds. The monoisotopic (exact) mass is 539 g/mol. The number of rotatable bonds is 7. The zero-order valence-corrected chi connectivity index (χ0v) is 22.0. The summed E-state index contributed by atoms with van der Waals surface area (Å²) >= 11 is 17.3. The fourth-order valence-electron chi connectivity index (χ4n) is 3.97. The molecular weight excluding hydrogens is 517 g/mol. The van der Waals surface area contributed by atoms with Crippen molar-refractivity contribution in [3.63, 3.8) is 0 Å². The summed E-state index contributed by atoms with van der Waals surface area (Å²) in [6.45, 7) is 8.07. The summed E-state index contributed by atoms with van der Waals surface area (Å²) < 4.78 is 7.93. The van der Waals surface area contributed by atoms with Gasteiger partial charge in [0.2, 0.25) is 0 Å². The predicted octanol–water partition coefficient (Wildman–Crippen LogP) is 5.79. The fourth-order valence-corrected chi connectivity index (χ4v) is 4.68. The normalized spacial score (nSPS) is 14.8. The molecule has 1 fully saturated rings. The largest absolute Gasteiger partial charge is 0.489 e. The molecule has 0 unspecified atom stereocenters. The first kappa shape index (κ1) is 25.7. The third-order valence-electron chi connectivity index (χ3n) is 5.77. The van der Waals surface area contributed by atoms with Gasteiger partial charge in [-0.25, -0.2) is 0 Å². The standard InChI is InChI=1S/C27H23Cl2N3O3S/c1-4-11-31-26(34)23(25(33)30-27(31)36)13-19-12-16(2)32(17(19)3)21-7-9-22(10-8-21)35-15-18-5-6-20(28)14-24(18)29/h4-10,12-14H,1,11,15H2,2-3H3,(H,30,33,36)/b23-13+. The topological polar surface area (TPSA) is 63.6 Å². The molecule has 1 aliphatic rings. The summed E-state index contributed by atoms with van der Waals surface area (Å²) in [6.07, 6.45) is 3.16. The number of thiocarbonyl (C=S) groups is 1. The lowest BCUT2D eigenvalue weighted by molar-refractivity contribution is -0.128. The van der Waals surface area contributed by atoms with Crippen LogP contribution in [-0.4, -0.2) is 32.9 Å². The van der Waals surface area contributed by atoms with E-state index < -0.39 is 11.8 Å². The first-order valence-corrected chi connectivity index (χ1v) is 12.2. The Morgan fingerprint density at radius 1 is 1.08 bits per heavy atom. The van der Waals surface area contributed by atoms with Crippen LogP contribution in [0.15, 0.2) is 66.8 Å². The van der Waals surface area contributed by atoms with E-state index in [4.69, 9.17) is 40.2 Å². The van der Waals surface area contributed by atoms with Gasteiger partial charge >= 0.3 is 0 Å². The summed E-state index contributed by atoms with van der Waals surface area (Å²) in [5, 5.41) is 3.78. The highest BCUT2D eigenvalue weighted by molar-refractivity contribution is 7.80. The minimum Gasteiger partial charge on any atom is -0.489 e. The van der Waals surface area contributed by atoms with E-state index >= 15 is 0 Å². The Kier molecular flexibility index (Phi) is 7.64. The molecule has 4 rings (SSSR count). The van der Waals surface area contributed by atoms with Gasteiger partial charge in [0.1, 0.15) is 17.9 Å². The number of nitrogens with zero attached hydrogens (tertiary/aromatic N) is 2. The Bertz CT molecular complexity index is 1410. The minimum absolute atomic E-state index is 0.0234. The number of carbonyl (C=O) groups excluding carboxylic acids is 2. The quantitative estimate of drug-likeness (QED) is 0.178. The number of benzene rings is 2. The molecule has 1 saturated heterocycles. The highest BCUT2D eigenvalue weighted by Gasteiger charge is 2.32. The van der Waals surface area contributed by atoms with Gasteiger partial charge in [0.05, 0.1) is 0 Å². The molecule has 0 spiro atoms. The molecular formula is C27H23Cl2N3O3S. The summed E-state index contributed by atoms with van der Waals surface area (Å²) in [5.41, 5.74) is 4.37. The van der Waals surface area contributed by atoms with Crippen LogP contribution in [0.3, 0.4) is 0 Å². The van der Waals surface area contributed by atoms with Crippen molar-refractivity contribution in [3.8, 4) is 11.4 Å². The van der Waals surface area contributed by atoms with Gasteiger partial charge in [-0.2, -0.15) is 0 Å². The third-order valence-corrected chi connectivity index (χ3v) is 6.68. The first-order valence-electron chi connectivity index (χ1n) is 11.1. The van der Waals surface area contributed by atoms with E-state index in [1.807, 2.05) is 54.8 Å². The number of hydrogen-bond donors (Lipinski definition) is 1. The third kappa shape index (κ3) is 5.23. The van der Waals surface area contributed by atoms with Gasteiger partial charge in [-0.15, -0.1) is 6.58 Å². The molecule has 1 N–H and O–H groups in total. The molecule has 0 saturated carbocycles. The van der Waals surface area contributed by atoms with Crippen LogP contribution in [0.25, 0.3) is 11.8 Å². The van der Waals surface area contributed by atoms with Gasteiger partial charge in [0.15, 0.2) is 5.11 Å². The van der Waals surface area contributed by atoms with Crippen molar-refractivity contribution < 1.29 is 14.3 Å². The van der Waals surface area contributed by atoms with Crippen molar-refractivity contribution in [1.29, 1.82) is 0 Å². The van der Waals surface area contributed by atoms with Crippen molar-refractivity contribution in [3.05, 3.63) is 99.3 Å². The Morgan fingerprint density at radius 2 is 1.81 bits per heavy atom. The Hall–Kier alpha value is -3.39. The number of ether oxygens (including phenoxy) is 1. The molecule has 9 heteroatoms. The molecule has 6 nitrogen and oxygen atoms in total. The SMILES string of the molecule is C=CCN1C(=O)/C(=C/c2cc(C)n(-c3ccc(OCc4ccc(Cl)cc4Cl)cc3)c2C)C(=O)NC1=S. The van der Waals surface area contributed by atoms with E-state index in [0.29, 0.717) is 22.4 Å². The lowest BCUT2D eigenvalue weighted by Gasteiger charge is -2.27. The van der Waals surface area contributed by atoms with Crippen LogP contribution in [0.1, 0.15) is 22.5 Å². The zero-order valence-electron chi connectivity index (χ0n) is 19.7. The van der Waals surface area contributed by atoms with Crippen molar-refractivity contribution in [2.75, 3.05) is 6.54 Å².